The Labute approximate surface area is 317 Å². The highest BCUT2D eigenvalue weighted by Crippen LogP contribution is 2.15. The predicted molar refractivity (Wildman–Crippen MR) is 205 cm³/mol. The number of carbonyl (C=O) groups excluding carboxylic acids is 4. The van der Waals surface area contributed by atoms with Crippen LogP contribution in [-0.4, -0.2) is 114 Å². The highest BCUT2D eigenvalue weighted by Gasteiger charge is 2.34. The maximum atomic E-state index is 13.9. The zero-order chi connectivity index (χ0) is 39.8. The third-order valence-electron chi connectivity index (χ3n) is 9.46. The van der Waals surface area contributed by atoms with Crippen LogP contribution in [0.3, 0.4) is 0 Å². The van der Waals surface area contributed by atoms with Gasteiger partial charge in [-0.2, -0.15) is 0 Å². The summed E-state index contributed by atoms with van der Waals surface area (Å²) >= 11 is 0. The minimum absolute atomic E-state index is 0.0454. The molecule has 3 rings (SSSR count). The smallest absolute Gasteiger partial charge is 0.326 e. The summed E-state index contributed by atoms with van der Waals surface area (Å²) in [4.78, 5) is 75.3. The van der Waals surface area contributed by atoms with Crippen molar-refractivity contribution in [2.45, 2.75) is 90.5 Å². The van der Waals surface area contributed by atoms with E-state index in [9.17, 15) is 29.1 Å². The van der Waals surface area contributed by atoms with Crippen molar-refractivity contribution in [2.75, 3.05) is 39.8 Å². The van der Waals surface area contributed by atoms with Crippen LogP contribution in [0.15, 0.2) is 51.9 Å². The normalized spacial score (nSPS) is 16.3. The molecule has 0 saturated carbocycles. The Balaban J connectivity index is 1.75. The average molecular weight is 754 g/mol. The molecule has 0 radical (unpaired) electrons. The fourth-order valence-corrected chi connectivity index (χ4v) is 6.06. The predicted octanol–water partition coefficient (Wildman–Crippen LogP) is 1.05. The van der Waals surface area contributed by atoms with E-state index in [2.05, 4.69) is 43.1 Å². The summed E-state index contributed by atoms with van der Waals surface area (Å²) < 4.78 is 5.87. The van der Waals surface area contributed by atoms with Crippen LogP contribution < -0.4 is 32.7 Å². The summed E-state index contributed by atoms with van der Waals surface area (Å²) in [6, 6.07) is 7.76. The number of rotatable bonds is 21. The van der Waals surface area contributed by atoms with Gasteiger partial charge < -0.3 is 47.2 Å². The molecule has 4 amide bonds. The maximum absolute atomic E-state index is 13.9. The molecule has 1 aliphatic heterocycles. The molecule has 9 N–H and O–H groups in total. The van der Waals surface area contributed by atoms with Gasteiger partial charge in [0.15, 0.2) is 11.7 Å². The van der Waals surface area contributed by atoms with Gasteiger partial charge in [-0.05, 0) is 55.8 Å². The molecule has 0 bridgehead atoms. The molecule has 0 spiro atoms. The van der Waals surface area contributed by atoms with Gasteiger partial charge in [-0.3, -0.25) is 29.1 Å². The van der Waals surface area contributed by atoms with E-state index in [1.807, 2.05) is 26.8 Å². The van der Waals surface area contributed by atoms with Crippen LogP contribution in [0.25, 0.3) is 0 Å². The lowest BCUT2D eigenvalue weighted by atomic mass is 9.96. The maximum Gasteiger partial charge on any atom is 0.326 e. The van der Waals surface area contributed by atoms with Gasteiger partial charge in [0.05, 0.1) is 6.54 Å². The van der Waals surface area contributed by atoms with Crippen molar-refractivity contribution in [3.63, 3.8) is 0 Å². The zero-order valence-corrected chi connectivity index (χ0v) is 32.2. The van der Waals surface area contributed by atoms with E-state index in [0.29, 0.717) is 25.1 Å². The number of hydrogen-bond donors (Lipinski definition) is 7. The fourth-order valence-electron chi connectivity index (χ4n) is 6.06. The molecule has 1 aromatic heterocycles. The van der Waals surface area contributed by atoms with Crippen molar-refractivity contribution in [2.24, 2.45) is 28.3 Å². The third kappa shape index (κ3) is 14.5. The zero-order valence-electron chi connectivity index (χ0n) is 32.2. The SMILES string of the molecule is CC[C@H](C)[C@H](NC(=O)[C@H](CC(C)C)NC(=O)[C@H](CCCN=C(N)N)NC(=O)c1ccc(CN2CCN(C)CC2)o1)C(=O)N[C@@H](Cc1ccccc1)C(=O)O. The first-order valence-electron chi connectivity index (χ1n) is 18.7. The van der Waals surface area contributed by atoms with Crippen molar-refractivity contribution in [1.82, 2.24) is 31.1 Å². The summed E-state index contributed by atoms with van der Waals surface area (Å²) in [6.45, 7) is 11.8. The number of nitrogens with zero attached hydrogens (tertiary/aromatic N) is 3. The molecule has 2 heterocycles. The minimum atomic E-state index is -1.23. The first-order chi connectivity index (χ1) is 25.7. The molecule has 16 heteroatoms. The van der Waals surface area contributed by atoms with Gasteiger partial charge in [0.2, 0.25) is 17.7 Å². The van der Waals surface area contributed by atoms with Gasteiger partial charge in [-0.1, -0.05) is 64.4 Å². The number of nitrogens with two attached hydrogens (primary N) is 2. The summed E-state index contributed by atoms with van der Waals surface area (Å²) in [5, 5.41) is 20.8. The number of furan rings is 1. The second-order valence-electron chi connectivity index (χ2n) is 14.5. The number of amides is 4. The lowest BCUT2D eigenvalue weighted by molar-refractivity contribution is -0.142. The fraction of sp³-hybridized carbons (Fsp3) is 0.579. The summed E-state index contributed by atoms with van der Waals surface area (Å²) in [6.07, 6.45) is 1.27. The van der Waals surface area contributed by atoms with E-state index >= 15 is 0 Å². The Bertz CT molecular complexity index is 1550. The van der Waals surface area contributed by atoms with Crippen LogP contribution in [0.1, 0.15) is 75.3 Å². The number of carbonyl (C=O) groups is 5. The van der Waals surface area contributed by atoms with Crippen LogP contribution in [-0.2, 0) is 32.1 Å². The monoisotopic (exact) mass is 753 g/mol. The largest absolute Gasteiger partial charge is 0.480 e. The second-order valence-corrected chi connectivity index (χ2v) is 14.5. The van der Waals surface area contributed by atoms with E-state index < -0.39 is 53.8 Å². The lowest BCUT2D eigenvalue weighted by Crippen LogP contribution is -2.59. The number of carboxylic acids is 1. The van der Waals surface area contributed by atoms with Crippen LogP contribution in [0, 0.1) is 11.8 Å². The van der Waals surface area contributed by atoms with E-state index in [4.69, 9.17) is 15.9 Å². The highest BCUT2D eigenvalue weighted by atomic mass is 16.4. The first-order valence-corrected chi connectivity index (χ1v) is 18.7. The highest BCUT2D eigenvalue weighted by molar-refractivity contribution is 5.97. The Hall–Kier alpha value is -4.96. The van der Waals surface area contributed by atoms with Crippen molar-refractivity contribution >= 4 is 35.6 Å². The van der Waals surface area contributed by atoms with Crippen LogP contribution >= 0.6 is 0 Å². The average Bonchev–Trinajstić information content (AvgIpc) is 3.60. The number of benzene rings is 1. The molecule has 5 atom stereocenters. The summed E-state index contributed by atoms with van der Waals surface area (Å²) in [7, 11) is 2.07. The van der Waals surface area contributed by atoms with Crippen molar-refractivity contribution in [3.8, 4) is 0 Å². The van der Waals surface area contributed by atoms with Crippen LogP contribution in [0.5, 0.6) is 0 Å². The van der Waals surface area contributed by atoms with Gasteiger partial charge in [-0.25, -0.2) is 4.79 Å². The van der Waals surface area contributed by atoms with Crippen LogP contribution in [0.2, 0.25) is 0 Å². The number of piperazine rings is 1. The molecule has 0 unspecified atom stereocenters. The number of hydrogen-bond acceptors (Lipinski definition) is 9. The molecule has 54 heavy (non-hydrogen) atoms. The van der Waals surface area contributed by atoms with E-state index in [1.165, 1.54) is 0 Å². The second kappa shape index (κ2) is 21.7. The van der Waals surface area contributed by atoms with Gasteiger partial charge in [0.1, 0.15) is 29.9 Å². The number of nitrogens with one attached hydrogen (secondary N) is 4. The molecule has 1 aliphatic rings. The topological polar surface area (TPSA) is 238 Å². The Morgan fingerprint density at radius 3 is 2.11 bits per heavy atom. The number of aliphatic imine (C=N–C) groups is 1. The van der Waals surface area contributed by atoms with E-state index in [0.717, 1.165) is 31.7 Å². The molecule has 16 nitrogen and oxygen atoms in total. The molecule has 1 fully saturated rings. The summed E-state index contributed by atoms with van der Waals surface area (Å²) in [5.74, 6) is -3.52. The standard InChI is InChI=1S/C38H59N9O7/c1-6-25(4)32(36(51)44-30(37(52)53)22-26-11-8-7-9-12-26)45-34(49)29(21-24(2)3)43-33(48)28(13-10-16-41-38(39)40)42-35(50)31-15-14-27(54-31)23-47-19-17-46(5)18-20-47/h7-9,11-12,14-15,24-25,28-30,32H,6,10,13,16-23H2,1-5H3,(H,42,50)(H,43,48)(H,44,51)(H,45,49)(H,52,53)(H4,39,40,41)/t25-,28-,29-,30-,32-/m0/s1. The molecular formula is C38H59N9O7. The number of aliphatic carboxylic acids is 1. The summed E-state index contributed by atoms with van der Waals surface area (Å²) in [5.41, 5.74) is 11.7. The van der Waals surface area contributed by atoms with Gasteiger partial charge in [0.25, 0.3) is 5.91 Å². The van der Waals surface area contributed by atoms with Gasteiger partial charge in [0, 0.05) is 39.1 Å². The Kier molecular flexibility index (Phi) is 17.4. The molecule has 1 aromatic carbocycles. The first kappa shape index (κ1) is 43.4. The number of guanidine groups is 1. The van der Waals surface area contributed by atoms with Crippen LogP contribution in [0.4, 0.5) is 0 Å². The third-order valence-corrected chi connectivity index (χ3v) is 9.46. The molecule has 1 saturated heterocycles. The van der Waals surface area contributed by atoms with E-state index in [1.54, 1.807) is 43.3 Å². The van der Waals surface area contributed by atoms with Crippen molar-refractivity contribution in [1.29, 1.82) is 0 Å². The van der Waals surface area contributed by atoms with E-state index in [-0.39, 0.29) is 49.4 Å². The van der Waals surface area contributed by atoms with Crippen molar-refractivity contribution in [3.05, 3.63) is 59.5 Å². The molecule has 2 aromatic rings. The Morgan fingerprint density at radius 2 is 1.50 bits per heavy atom. The van der Waals surface area contributed by atoms with Gasteiger partial charge >= 0.3 is 5.97 Å². The molecule has 298 valence electrons. The molecule has 0 aliphatic carbocycles. The number of carboxylic acid groups (broad SMARTS) is 1. The number of likely N-dealkylation sites (N-methyl/N-ethyl adjacent to an activating group) is 1. The minimum Gasteiger partial charge on any atom is -0.480 e. The lowest BCUT2D eigenvalue weighted by Gasteiger charge is -2.31. The van der Waals surface area contributed by atoms with Crippen molar-refractivity contribution < 1.29 is 33.5 Å². The quantitative estimate of drug-likeness (QED) is 0.0541. The van der Waals surface area contributed by atoms with Gasteiger partial charge in [-0.15, -0.1) is 0 Å². The Morgan fingerprint density at radius 1 is 0.852 bits per heavy atom. The molecular weight excluding hydrogens is 694 g/mol.